The number of carboxylic acid groups (broad SMARTS) is 1. The lowest BCUT2D eigenvalue weighted by Gasteiger charge is -2.17. The van der Waals surface area contributed by atoms with Crippen LogP contribution in [0.4, 0.5) is 5.82 Å². The van der Waals surface area contributed by atoms with E-state index in [0.29, 0.717) is 10.9 Å². The highest BCUT2D eigenvalue weighted by molar-refractivity contribution is 9.10. The van der Waals surface area contributed by atoms with Crippen LogP contribution < -0.4 is 11.1 Å². The van der Waals surface area contributed by atoms with Crippen LogP contribution in [0.2, 0.25) is 5.02 Å². The van der Waals surface area contributed by atoms with Gasteiger partial charge < -0.3 is 21.1 Å². The maximum absolute atomic E-state index is 12.9. The van der Waals surface area contributed by atoms with E-state index in [4.69, 9.17) is 17.3 Å². The van der Waals surface area contributed by atoms with Crippen molar-refractivity contribution in [3.8, 4) is 0 Å². The van der Waals surface area contributed by atoms with Crippen molar-refractivity contribution in [3.63, 3.8) is 0 Å². The summed E-state index contributed by atoms with van der Waals surface area (Å²) in [6.07, 6.45) is 1.59. The van der Waals surface area contributed by atoms with Gasteiger partial charge in [0.15, 0.2) is 11.7 Å². The molecule has 5 N–H and O–H groups in total. The molecular weight excluding hydrogens is 502 g/mol. The number of carbonyl (C=O) groups excluding carboxylic acids is 2. The monoisotopic (exact) mass is 515 g/mol. The number of benzene rings is 2. The van der Waals surface area contributed by atoms with Gasteiger partial charge in [0.1, 0.15) is 5.82 Å². The van der Waals surface area contributed by atoms with Gasteiger partial charge in [-0.15, -0.1) is 0 Å². The molecule has 0 bridgehead atoms. The molecule has 0 spiro atoms. The molecule has 32 heavy (non-hydrogen) atoms. The summed E-state index contributed by atoms with van der Waals surface area (Å²) in [4.78, 5) is 40.2. The number of carbonyl (C=O) groups is 3. The summed E-state index contributed by atoms with van der Waals surface area (Å²) in [6.45, 7) is 0. The summed E-state index contributed by atoms with van der Waals surface area (Å²) in [5, 5.41) is 17.1. The number of halogens is 2. The molecule has 162 valence electrons. The summed E-state index contributed by atoms with van der Waals surface area (Å²) >= 11 is 9.29. The molecule has 11 heteroatoms. The van der Waals surface area contributed by atoms with Crippen LogP contribution in [0.25, 0.3) is 10.9 Å². The fraction of sp³-hybridized carbons (Fsp3) is 0.0476. The van der Waals surface area contributed by atoms with Gasteiger partial charge in [-0.3, -0.25) is 9.59 Å². The van der Waals surface area contributed by atoms with Crippen LogP contribution in [0.15, 0.2) is 59.2 Å². The first kappa shape index (κ1) is 21.6. The SMILES string of the molecule is NC(=O)C(c1c[nH]c2ccccc12)n1nc(C(=O)O)c(Br)c1NC(=O)c1ccccc1Cl. The van der Waals surface area contributed by atoms with Crippen molar-refractivity contribution in [2.24, 2.45) is 5.73 Å². The van der Waals surface area contributed by atoms with Gasteiger partial charge in [0, 0.05) is 22.7 Å². The number of hydrogen-bond acceptors (Lipinski definition) is 4. The molecular formula is C21H15BrClN5O4. The third-order valence-corrected chi connectivity index (χ3v) is 5.92. The molecule has 2 aromatic carbocycles. The molecule has 9 nitrogen and oxygen atoms in total. The Bertz CT molecular complexity index is 1380. The van der Waals surface area contributed by atoms with E-state index in [1.165, 1.54) is 6.07 Å². The largest absolute Gasteiger partial charge is 0.476 e. The van der Waals surface area contributed by atoms with Gasteiger partial charge in [0.05, 0.1) is 15.1 Å². The number of carboxylic acids is 1. The standard InChI is InChI=1S/C21H15BrClN5O4/c22-15-16(21(31)32)27-28(19(15)26-20(30)11-6-1-3-7-13(11)23)17(18(24)29)12-9-25-14-8-4-2-5-10(12)14/h1-9,17,25H,(H2,24,29)(H,26,30)(H,31,32). The summed E-state index contributed by atoms with van der Waals surface area (Å²) in [5.41, 5.74) is 6.69. The van der Waals surface area contributed by atoms with Crippen LogP contribution in [0.5, 0.6) is 0 Å². The van der Waals surface area contributed by atoms with Crippen LogP contribution in [-0.4, -0.2) is 37.7 Å². The third kappa shape index (κ3) is 3.74. The lowest BCUT2D eigenvalue weighted by molar-refractivity contribution is -0.120. The van der Waals surface area contributed by atoms with Crippen LogP contribution in [0.3, 0.4) is 0 Å². The summed E-state index contributed by atoms with van der Waals surface area (Å²) < 4.78 is 1.07. The normalized spacial score (nSPS) is 11.9. The van der Waals surface area contributed by atoms with Crippen molar-refractivity contribution in [2.75, 3.05) is 5.32 Å². The number of H-pyrrole nitrogens is 1. The first-order valence-corrected chi connectivity index (χ1v) is 10.4. The van der Waals surface area contributed by atoms with Gasteiger partial charge in [-0.1, -0.05) is 41.9 Å². The van der Waals surface area contributed by atoms with Crippen LogP contribution in [0.1, 0.15) is 32.5 Å². The van der Waals surface area contributed by atoms with Crippen molar-refractivity contribution in [1.82, 2.24) is 14.8 Å². The molecule has 1 atom stereocenters. The van der Waals surface area contributed by atoms with Crippen LogP contribution >= 0.6 is 27.5 Å². The minimum Gasteiger partial charge on any atom is -0.476 e. The number of nitrogens with zero attached hydrogens (tertiary/aromatic N) is 2. The highest BCUT2D eigenvalue weighted by atomic mass is 79.9. The van der Waals surface area contributed by atoms with Gasteiger partial charge in [-0.2, -0.15) is 5.10 Å². The average Bonchev–Trinajstić information content (AvgIpc) is 3.31. The molecule has 2 heterocycles. The van der Waals surface area contributed by atoms with Crippen LogP contribution in [-0.2, 0) is 4.79 Å². The number of fused-ring (bicyclic) bond motifs is 1. The van der Waals surface area contributed by atoms with Gasteiger partial charge in [-0.05, 0) is 34.1 Å². The molecule has 0 saturated heterocycles. The predicted molar refractivity (Wildman–Crippen MR) is 122 cm³/mol. The third-order valence-electron chi connectivity index (χ3n) is 4.84. The van der Waals surface area contributed by atoms with E-state index >= 15 is 0 Å². The quantitative estimate of drug-likeness (QED) is 0.308. The Balaban J connectivity index is 1.88. The van der Waals surface area contributed by atoms with E-state index in [1.54, 1.807) is 36.5 Å². The number of primary amides is 1. The average molecular weight is 517 g/mol. The van der Waals surface area contributed by atoms with Crippen molar-refractivity contribution < 1.29 is 19.5 Å². The number of anilines is 1. The Labute approximate surface area is 194 Å². The lowest BCUT2D eigenvalue weighted by atomic mass is 10.1. The molecule has 0 radical (unpaired) electrons. The highest BCUT2D eigenvalue weighted by Crippen LogP contribution is 2.34. The molecule has 0 saturated carbocycles. The maximum Gasteiger partial charge on any atom is 0.357 e. The van der Waals surface area contributed by atoms with E-state index in [0.717, 1.165) is 10.2 Å². The molecule has 0 aliphatic heterocycles. The Morgan fingerprint density at radius 2 is 1.84 bits per heavy atom. The Hall–Kier alpha value is -3.63. The first-order valence-electron chi connectivity index (χ1n) is 9.22. The number of nitrogens with two attached hydrogens (primary N) is 1. The number of hydrogen-bond donors (Lipinski definition) is 4. The molecule has 4 aromatic rings. The lowest BCUT2D eigenvalue weighted by Crippen LogP contribution is -2.30. The van der Waals surface area contributed by atoms with Crippen LogP contribution in [0, 0.1) is 0 Å². The van der Waals surface area contributed by atoms with E-state index in [9.17, 15) is 19.5 Å². The number of amides is 2. The summed E-state index contributed by atoms with van der Waals surface area (Å²) in [5.74, 6) is -2.82. The first-order chi connectivity index (χ1) is 15.3. The number of nitrogens with one attached hydrogen (secondary N) is 2. The topological polar surface area (TPSA) is 143 Å². The van der Waals surface area contributed by atoms with E-state index in [2.05, 4.69) is 31.3 Å². The van der Waals surface area contributed by atoms with Gasteiger partial charge in [0.2, 0.25) is 5.91 Å². The molecule has 2 aromatic heterocycles. The fourth-order valence-corrected chi connectivity index (χ4v) is 4.15. The van der Waals surface area contributed by atoms with Crippen molar-refractivity contribution in [3.05, 3.63) is 81.0 Å². The number of aromatic nitrogens is 3. The minimum atomic E-state index is -1.36. The molecule has 0 aliphatic rings. The maximum atomic E-state index is 12.9. The smallest absolute Gasteiger partial charge is 0.357 e. The van der Waals surface area contributed by atoms with E-state index in [-0.39, 0.29) is 20.9 Å². The summed E-state index contributed by atoms with van der Waals surface area (Å²) in [6, 6.07) is 12.4. The molecule has 0 aliphatic carbocycles. The van der Waals surface area contributed by atoms with Crippen molar-refractivity contribution in [2.45, 2.75) is 6.04 Å². The number of aromatic amines is 1. The molecule has 1 unspecified atom stereocenters. The van der Waals surface area contributed by atoms with E-state index < -0.39 is 29.5 Å². The number of aromatic carboxylic acids is 1. The Morgan fingerprint density at radius 1 is 1.16 bits per heavy atom. The number of rotatable bonds is 6. The summed E-state index contributed by atoms with van der Waals surface area (Å²) in [7, 11) is 0. The second kappa shape index (κ2) is 8.48. The van der Waals surface area contributed by atoms with Gasteiger partial charge >= 0.3 is 5.97 Å². The molecule has 4 rings (SSSR count). The van der Waals surface area contributed by atoms with Gasteiger partial charge in [0.25, 0.3) is 5.91 Å². The molecule has 0 fully saturated rings. The highest BCUT2D eigenvalue weighted by Gasteiger charge is 2.32. The zero-order chi connectivity index (χ0) is 23.0. The minimum absolute atomic E-state index is 0.0171. The fourth-order valence-electron chi connectivity index (χ4n) is 3.40. The molecule has 2 amide bonds. The zero-order valence-electron chi connectivity index (χ0n) is 16.2. The van der Waals surface area contributed by atoms with Crippen molar-refractivity contribution >= 4 is 62.0 Å². The van der Waals surface area contributed by atoms with Gasteiger partial charge in [-0.25, -0.2) is 9.48 Å². The van der Waals surface area contributed by atoms with E-state index in [1.807, 2.05) is 12.1 Å². The zero-order valence-corrected chi connectivity index (χ0v) is 18.5. The number of para-hydroxylation sites is 1. The Morgan fingerprint density at radius 3 is 2.53 bits per heavy atom. The second-order valence-electron chi connectivity index (χ2n) is 6.79. The van der Waals surface area contributed by atoms with Crippen molar-refractivity contribution in [1.29, 1.82) is 0 Å². The second-order valence-corrected chi connectivity index (χ2v) is 7.99. The predicted octanol–water partition coefficient (Wildman–Crippen LogP) is 3.81. The Kier molecular flexibility index (Phi) is 5.72.